The van der Waals surface area contributed by atoms with Gasteiger partial charge in [0.15, 0.2) is 0 Å². The van der Waals surface area contributed by atoms with Crippen LogP contribution in [0.3, 0.4) is 0 Å². The van der Waals surface area contributed by atoms with Crippen LogP contribution in [0.2, 0.25) is 0 Å². The number of halogens is 2. The SMILES string of the molecule is C=CCC[C@H](c1ccccc1C#N)N1CCNCC1.Cl.Cl. The number of benzene rings is 1. The van der Waals surface area contributed by atoms with Gasteiger partial charge in [-0.25, -0.2) is 0 Å². The molecule has 2 rings (SSSR count). The number of hydrogen-bond donors (Lipinski definition) is 1. The summed E-state index contributed by atoms with van der Waals surface area (Å²) < 4.78 is 0. The van der Waals surface area contributed by atoms with Gasteiger partial charge in [0.05, 0.1) is 11.6 Å². The van der Waals surface area contributed by atoms with Crippen LogP contribution < -0.4 is 5.32 Å². The first-order chi connectivity index (χ1) is 9.36. The van der Waals surface area contributed by atoms with Gasteiger partial charge in [0.25, 0.3) is 0 Å². The van der Waals surface area contributed by atoms with Crippen LogP contribution >= 0.6 is 24.8 Å². The van der Waals surface area contributed by atoms with E-state index in [9.17, 15) is 5.26 Å². The summed E-state index contributed by atoms with van der Waals surface area (Å²) in [7, 11) is 0. The highest BCUT2D eigenvalue weighted by molar-refractivity contribution is 5.85. The van der Waals surface area contributed by atoms with Gasteiger partial charge in [0.1, 0.15) is 0 Å². The molecule has 1 N–H and O–H groups in total. The van der Waals surface area contributed by atoms with Crippen LogP contribution in [0, 0.1) is 11.3 Å². The van der Waals surface area contributed by atoms with Gasteiger partial charge in [-0.1, -0.05) is 24.3 Å². The molecule has 0 unspecified atom stereocenters. The van der Waals surface area contributed by atoms with Crippen molar-refractivity contribution in [3.05, 3.63) is 48.0 Å². The second kappa shape index (κ2) is 10.6. The Hall–Kier alpha value is -1.05. The van der Waals surface area contributed by atoms with Crippen molar-refractivity contribution in [2.24, 2.45) is 0 Å². The Kier molecular flexibility index (Phi) is 10.1. The van der Waals surface area contributed by atoms with Crippen LogP contribution in [-0.2, 0) is 0 Å². The minimum atomic E-state index is 0. The molecule has 116 valence electrons. The van der Waals surface area contributed by atoms with Crippen molar-refractivity contribution in [2.75, 3.05) is 26.2 Å². The van der Waals surface area contributed by atoms with E-state index in [1.54, 1.807) is 0 Å². The topological polar surface area (TPSA) is 39.1 Å². The van der Waals surface area contributed by atoms with Gasteiger partial charge in [0, 0.05) is 32.2 Å². The van der Waals surface area contributed by atoms with E-state index in [2.05, 4.69) is 28.9 Å². The number of rotatable bonds is 5. The summed E-state index contributed by atoms with van der Waals surface area (Å²) in [5.74, 6) is 0. The molecule has 0 aliphatic carbocycles. The summed E-state index contributed by atoms with van der Waals surface area (Å²) in [6.07, 6.45) is 3.97. The Balaban J connectivity index is 0.00000200. The van der Waals surface area contributed by atoms with Crippen LogP contribution in [0.5, 0.6) is 0 Å². The van der Waals surface area contributed by atoms with Crippen LogP contribution in [0.4, 0.5) is 0 Å². The van der Waals surface area contributed by atoms with E-state index in [0.717, 1.165) is 50.1 Å². The summed E-state index contributed by atoms with van der Waals surface area (Å²) in [5.41, 5.74) is 1.96. The van der Waals surface area contributed by atoms with E-state index in [-0.39, 0.29) is 24.8 Å². The highest BCUT2D eigenvalue weighted by atomic mass is 35.5. The molecule has 0 bridgehead atoms. The summed E-state index contributed by atoms with van der Waals surface area (Å²) >= 11 is 0. The number of hydrogen-bond acceptors (Lipinski definition) is 3. The zero-order valence-corrected chi connectivity index (χ0v) is 13.8. The monoisotopic (exact) mass is 327 g/mol. The van der Waals surface area contributed by atoms with Crippen molar-refractivity contribution < 1.29 is 0 Å². The third-order valence-corrected chi connectivity index (χ3v) is 3.68. The molecular formula is C16H23Cl2N3. The molecule has 1 saturated heterocycles. The Labute approximate surface area is 139 Å². The number of nitrogens with zero attached hydrogens (tertiary/aromatic N) is 2. The van der Waals surface area contributed by atoms with Crippen molar-refractivity contribution in [3.8, 4) is 6.07 Å². The maximum absolute atomic E-state index is 9.29. The fourth-order valence-corrected chi connectivity index (χ4v) is 2.69. The van der Waals surface area contributed by atoms with E-state index in [1.165, 1.54) is 0 Å². The lowest BCUT2D eigenvalue weighted by Gasteiger charge is -2.35. The fraction of sp³-hybridized carbons (Fsp3) is 0.438. The molecule has 1 aliphatic heterocycles. The van der Waals surface area contributed by atoms with Gasteiger partial charge in [-0.2, -0.15) is 5.26 Å². The minimum absolute atomic E-state index is 0. The summed E-state index contributed by atoms with van der Waals surface area (Å²) in [6, 6.07) is 10.6. The first-order valence-corrected chi connectivity index (χ1v) is 6.91. The summed E-state index contributed by atoms with van der Waals surface area (Å²) in [5, 5.41) is 12.7. The number of piperazine rings is 1. The molecule has 1 atom stereocenters. The molecule has 3 nitrogen and oxygen atoms in total. The van der Waals surface area contributed by atoms with Crippen LogP contribution in [0.25, 0.3) is 0 Å². The predicted molar refractivity (Wildman–Crippen MR) is 92.3 cm³/mol. The maximum Gasteiger partial charge on any atom is 0.0995 e. The van der Waals surface area contributed by atoms with Crippen molar-refractivity contribution in [1.29, 1.82) is 5.26 Å². The van der Waals surface area contributed by atoms with Crippen LogP contribution in [0.15, 0.2) is 36.9 Å². The lowest BCUT2D eigenvalue weighted by atomic mass is 9.95. The molecule has 1 heterocycles. The van der Waals surface area contributed by atoms with Gasteiger partial charge >= 0.3 is 0 Å². The molecule has 0 spiro atoms. The largest absolute Gasteiger partial charge is 0.314 e. The number of nitriles is 1. The molecule has 0 saturated carbocycles. The van der Waals surface area contributed by atoms with Crippen LogP contribution in [0.1, 0.15) is 30.0 Å². The fourth-order valence-electron chi connectivity index (χ4n) is 2.69. The van der Waals surface area contributed by atoms with E-state index in [0.29, 0.717) is 6.04 Å². The first-order valence-electron chi connectivity index (χ1n) is 6.91. The molecule has 1 aromatic rings. The molecular weight excluding hydrogens is 305 g/mol. The van der Waals surface area contributed by atoms with E-state index >= 15 is 0 Å². The van der Waals surface area contributed by atoms with Gasteiger partial charge in [-0.15, -0.1) is 31.4 Å². The molecule has 1 aliphatic rings. The van der Waals surface area contributed by atoms with Gasteiger partial charge in [0.2, 0.25) is 0 Å². The summed E-state index contributed by atoms with van der Waals surface area (Å²) in [4.78, 5) is 2.48. The molecule has 0 aromatic heterocycles. The summed E-state index contributed by atoms with van der Waals surface area (Å²) in [6.45, 7) is 7.96. The highest BCUT2D eigenvalue weighted by Crippen LogP contribution is 2.28. The maximum atomic E-state index is 9.29. The van der Waals surface area contributed by atoms with Gasteiger partial charge < -0.3 is 5.32 Å². The zero-order chi connectivity index (χ0) is 13.5. The molecule has 21 heavy (non-hydrogen) atoms. The minimum Gasteiger partial charge on any atom is -0.314 e. The molecule has 1 fully saturated rings. The van der Waals surface area contributed by atoms with Crippen LogP contribution in [-0.4, -0.2) is 31.1 Å². The second-order valence-electron chi connectivity index (χ2n) is 4.87. The van der Waals surface area contributed by atoms with Crippen molar-refractivity contribution in [3.63, 3.8) is 0 Å². The average molecular weight is 328 g/mol. The predicted octanol–water partition coefficient (Wildman–Crippen LogP) is 3.31. The molecule has 0 radical (unpaired) electrons. The third kappa shape index (κ3) is 5.33. The highest BCUT2D eigenvalue weighted by Gasteiger charge is 2.23. The molecule has 1 aromatic carbocycles. The number of nitrogens with one attached hydrogen (secondary N) is 1. The second-order valence-corrected chi connectivity index (χ2v) is 4.87. The van der Waals surface area contributed by atoms with Crippen molar-refractivity contribution >= 4 is 24.8 Å². The zero-order valence-electron chi connectivity index (χ0n) is 12.1. The lowest BCUT2D eigenvalue weighted by molar-refractivity contribution is 0.166. The Bertz CT molecular complexity index is 465. The quantitative estimate of drug-likeness (QED) is 0.843. The standard InChI is InChI=1S/C16H21N3.2ClH/c1-2-3-8-16(19-11-9-18-10-12-19)15-7-5-4-6-14(15)13-17;;/h2,4-7,16,18H,1,3,8-12H2;2*1H/t16-;;/m1../s1. The Morgan fingerprint density at radius 1 is 1.29 bits per heavy atom. The Morgan fingerprint density at radius 3 is 2.57 bits per heavy atom. The lowest BCUT2D eigenvalue weighted by Crippen LogP contribution is -2.45. The van der Waals surface area contributed by atoms with Gasteiger partial charge in [-0.05, 0) is 24.5 Å². The van der Waals surface area contributed by atoms with E-state index in [1.807, 2.05) is 24.3 Å². The normalized spacial score (nSPS) is 16.0. The van der Waals surface area contributed by atoms with Crippen molar-refractivity contribution in [2.45, 2.75) is 18.9 Å². The molecule has 0 amide bonds. The molecule has 5 heteroatoms. The smallest absolute Gasteiger partial charge is 0.0995 e. The number of allylic oxidation sites excluding steroid dienone is 1. The first kappa shape index (κ1) is 19.9. The Morgan fingerprint density at radius 2 is 1.95 bits per heavy atom. The average Bonchev–Trinajstić information content (AvgIpc) is 2.49. The van der Waals surface area contributed by atoms with E-state index < -0.39 is 0 Å². The van der Waals surface area contributed by atoms with E-state index in [4.69, 9.17) is 0 Å². The van der Waals surface area contributed by atoms with Crippen molar-refractivity contribution in [1.82, 2.24) is 10.2 Å². The third-order valence-electron chi connectivity index (χ3n) is 3.68. The van der Waals surface area contributed by atoms with Gasteiger partial charge in [-0.3, -0.25) is 4.90 Å².